The lowest BCUT2D eigenvalue weighted by Crippen LogP contribution is -2.04. The van der Waals surface area contributed by atoms with Gasteiger partial charge in [-0.1, -0.05) is 19.1 Å². The van der Waals surface area contributed by atoms with Crippen molar-refractivity contribution < 1.29 is 4.74 Å². The van der Waals surface area contributed by atoms with Crippen LogP contribution in [-0.2, 0) is 17.9 Å². The first-order chi connectivity index (χ1) is 6.86. The van der Waals surface area contributed by atoms with E-state index in [-0.39, 0.29) is 12.4 Å². The van der Waals surface area contributed by atoms with Gasteiger partial charge in [0.2, 0.25) is 0 Å². The Kier molecular flexibility index (Phi) is 4.12. The van der Waals surface area contributed by atoms with E-state index in [1.165, 1.54) is 0 Å². The third kappa shape index (κ3) is 2.13. The summed E-state index contributed by atoms with van der Waals surface area (Å²) in [6.07, 6.45) is 0.929. The van der Waals surface area contributed by atoms with Crippen molar-refractivity contribution in [3.8, 4) is 0 Å². The lowest BCUT2D eigenvalue weighted by atomic mass is 10.3. The minimum absolute atomic E-state index is 0. The van der Waals surface area contributed by atoms with Gasteiger partial charge in [-0.05, 0) is 12.1 Å². The standard InChI is InChI=1S/C11H14N2O.ClH/c1-3-11-12-9-6-4-5-7-10(9)13(11)8-14-2;/h4-7H,3,8H2,1-2H3;1H. The van der Waals surface area contributed by atoms with E-state index >= 15 is 0 Å². The Morgan fingerprint density at radius 1 is 1.33 bits per heavy atom. The third-order valence-corrected chi connectivity index (χ3v) is 2.31. The first-order valence-corrected chi connectivity index (χ1v) is 4.80. The Bertz CT molecular complexity index is 439. The largest absolute Gasteiger partial charge is 0.364 e. The van der Waals surface area contributed by atoms with E-state index in [0.29, 0.717) is 6.73 Å². The zero-order chi connectivity index (χ0) is 9.97. The van der Waals surface area contributed by atoms with Crippen molar-refractivity contribution in [2.45, 2.75) is 20.1 Å². The van der Waals surface area contributed by atoms with E-state index in [9.17, 15) is 0 Å². The number of rotatable bonds is 3. The van der Waals surface area contributed by atoms with Crippen LogP contribution in [0.3, 0.4) is 0 Å². The Hall–Kier alpha value is -1.06. The maximum atomic E-state index is 5.16. The fourth-order valence-electron chi connectivity index (χ4n) is 1.67. The topological polar surface area (TPSA) is 27.1 Å². The SMILES string of the molecule is CCc1nc2ccccc2n1COC.Cl. The van der Waals surface area contributed by atoms with Crippen LogP contribution in [0.15, 0.2) is 24.3 Å². The number of fused-ring (bicyclic) bond motifs is 1. The monoisotopic (exact) mass is 226 g/mol. The van der Waals surface area contributed by atoms with Gasteiger partial charge in [0.1, 0.15) is 12.6 Å². The molecule has 1 heterocycles. The fraction of sp³-hybridized carbons (Fsp3) is 0.364. The Morgan fingerprint density at radius 2 is 2.07 bits per heavy atom. The lowest BCUT2D eigenvalue weighted by Gasteiger charge is -2.05. The van der Waals surface area contributed by atoms with E-state index in [1.807, 2.05) is 18.2 Å². The summed E-state index contributed by atoms with van der Waals surface area (Å²) in [5.74, 6) is 1.08. The number of benzene rings is 1. The average Bonchev–Trinajstić information content (AvgIpc) is 2.58. The maximum Gasteiger partial charge on any atom is 0.124 e. The zero-order valence-electron chi connectivity index (χ0n) is 8.93. The molecule has 0 aliphatic rings. The number of halogens is 1. The quantitative estimate of drug-likeness (QED) is 0.805. The van der Waals surface area contributed by atoms with Crippen LogP contribution in [-0.4, -0.2) is 16.7 Å². The van der Waals surface area contributed by atoms with Gasteiger partial charge in [-0.25, -0.2) is 4.98 Å². The van der Waals surface area contributed by atoms with Crippen LogP contribution in [0.1, 0.15) is 12.7 Å². The molecule has 0 unspecified atom stereocenters. The van der Waals surface area contributed by atoms with E-state index in [1.54, 1.807) is 7.11 Å². The number of hydrogen-bond donors (Lipinski definition) is 0. The number of para-hydroxylation sites is 2. The minimum Gasteiger partial charge on any atom is -0.364 e. The first-order valence-electron chi connectivity index (χ1n) is 4.80. The smallest absolute Gasteiger partial charge is 0.124 e. The molecule has 0 bridgehead atoms. The van der Waals surface area contributed by atoms with Crippen LogP contribution in [0.5, 0.6) is 0 Å². The van der Waals surface area contributed by atoms with Gasteiger partial charge in [-0.3, -0.25) is 0 Å². The van der Waals surface area contributed by atoms with Gasteiger partial charge in [0, 0.05) is 13.5 Å². The highest BCUT2D eigenvalue weighted by molar-refractivity contribution is 5.85. The van der Waals surface area contributed by atoms with Gasteiger partial charge >= 0.3 is 0 Å². The van der Waals surface area contributed by atoms with Gasteiger partial charge in [0.05, 0.1) is 11.0 Å². The summed E-state index contributed by atoms with van der Waals surface area (Å²) in [5.41, 5.74) is 2.19. The molecule has 82 valence electrons. The van der Waals surface area contributed by atoms with Crippen LogP contribution < -0.4 is 0 Å². The molecule has 0 amide bonds. The third-order valence-electron chi connectivity index (χ3n) is 2.31. The van der Waals surface area contributed by atoms with Gasteiger partial charge in [0.15, 0.2) is 0 Å². The molecule has 3 nitrogen and oxygen atoms in total. The molecular weight excluding hydrogens is 212 g/mol. The highest BCUT2D eigenvalue weighted by atomic mass is 35.5. The van der Waals surface area contributed by atoms with Crippen molar-refractivity contribution in [1.82, 2.24) is 9.55 Å². The normalized spacial score (nSPS) is 10.3. The van der Waals surface area contributed by atoms with Crippen LogP contribution >= 0.6 is 12.4 Å². The zero-order valence-corrected chi connectivity index (χ0v) is 9.75. The summed E-state index contributed by atoms with van der Waals surface area (Å²) in [6.45, 7) is 2.68. The molecule has 0 spiro atoms. The number of hydrogen-bond acceptors (Lipinski definition) is 2. The van der Waals surface area contributed by atoms with Crippen molar-refractivity contribution in [2.24, 2.45) is 0 Å². The number of nitrogens with zero attached hydrogens (tertiary/aromatic N) is 2. The van der Waals surface area contributed by atoms with E-state index < -0.39 is 0 Å². The average molecular weight is 227 g/mol. The van der Waals surface area contributed by atoms with Crippen molar-refractivity contribution in [1.29, 1.82) is 0 Å². The summed E-state index contributed by atoms with van der Waals surface area (Å²) >= 11 is 0. The Balaban J connectivity index is 0.00000112. The molecule has 0 aliphatic heterocycles. The summed E-state index contributed by atoms with van der Waals surface area (Å²) in [6, 6.07) is 8.13. The fourth-order valence-corrected chi connectivity index (χ4v) is 1.67. The van der Waals surface area contributed by atoms with E-state index in [0.717, 1.165) is 23.3 Å². The molecule has 0 N–H and O–H groups in total. The van der Waals surface area contributed by atoms with Crippen LogP contribution in [0.25, 0.3) is 11.0 Å². The van der Waals surface area contributed by atoms with Gasteiger partial charge in [-0.15, -0.1) is 12.4 Å². The number of aromatic nitrogens is 2. The highest BCUT2D eigenvalue weighted by Gasteiger charge is 2.07. The lowest BCUT2D eigenvalue weighted by molar-refractivity contribution is 0.132. The van der Waals surface area contributed by atoms with Gasteiger partial charge < -0.3 is 9.30 Å². The van der Waals surface area contributed by atoms with Crippen LogP contribution in [0, 0.1) is 0 Å². The highest BCUT2D eigenvalue weighted by Crippen LogP contribution is 2.15. The van der Waals surface area contributed by atoms with Crippen molar-refractivity contribution in [3.05, 3.63) is 30.1 Å². The second-order valence-corrected chi connectivity index (χ2v) is 3.22. The number of ether oxygens (including phenoxy) is 1. The molecule has 15 heavy (non-hydrogen) atoms. The first kappa shape index (κ1) is 12.0. The van der Waals surface area contributed by atoms with Gasteiger partial charge in [0.25, 0.3) is 0 Å². The molecule has 0 aliphatic carbocycles. The molecule has 0 saturated heterocycles. The predicted octanol–water partition coefficient (Wildman–Crippen LogP) is 2.62. The molecule has 2 aromatic rings. The Morgan fingerprint density at radius 3 is 2.73 bits per heavy atom. The molecule has 4 heteroatoms. The Labute approximate surface area is 95.5 Å². The van der Waals surface area contributed by atoms with Crippen LogP contribution in [0.4, 0.5) is 0 Å². The van der Waals surface area contributed by atoms with Crippen molar-refractivity contribution in [2.75, 3.05) is 7.11 Å². The minimum atomic E-state index is 0. The van der Waals surface area contributed by atoms with Crippen molar-refractivity contribution >= 4 is 23.4 Å². The van der Waals surface area contributed by atoms with E-state index in [4.69, 9.17) is 4.74 Å². The number of imidazole rings is 1. The summed E-state index contributed by atoms with van der Waals surface area (Å²) in [7, 11) is 1.70. The molecule has 0 fully saturated rings. The van der Waals surface area contributed by atoms with Crippen molar-refractivity contribution in [3.63, 3.8) is 0 Å². The second kappa shape index (κ2) is 5.14. The summed E-state index contributed by atoms with van der Waals surface area (Å²) in [4.78, 5) is 4.53. The van der Waals surface area contributed by atoms with Crippen LogP contribution in [0.2, 0.25) is 0 Å². The summed E-state index contributed by atoms with van der Waals surface area (Å²) in [5, 5.41) is 0. The molecular formula is C11H15ClN2O. The molecule has 1 aromatic carbocycles. The summed E-state index contributed by atoms with van der Waals surface area (Å²) < 4.78 is 7.27. The maximum absolute atomic E-state index is 5.16. The second-order valence-electron chi connectivity index (χ2n) is 3.22. The molecule has 0 saturated carbocycles. The van der Waals surface area contributed by atoms with E-state index in [2.05, 4.69) is 22.5 Å². The molecule has 0 atom stereocenters. The van der Waals surface area contributed by atoms with Gasteiger partial charge in [-0.2, -0.15) is 0 Å². The molecule has 0 radical (unpaired) electrons. The molecule has 2 rings (SSSR count). The number of aryl methyl sites for hydroxylation is 1. The predicted molar refractivity (Wildman–Crippen MR) is 63.4 cm³/mol. The molecule has 1 aromatic heterocycles. The number of methoxy groups -OCH3 is 1.